The molecule has 1 aliphatic heterocycles. The summed E-state index contributed by atoms with van der Waals surface area (Å²) in [6, 6.07) is 4.51. The third-order valence-corrected chi connectivity index (χ3v) is 6.80. The van der Waals surface area contributed by atoms with E-state index in [-0.39, 0.29) is 5.82 Å². The van der Waals surface area contributed by atoms with Crippen molar-refractivity contribution in [2.75, 3.05) is 44.2 Å². The van der Waals surface area contributed by atoms with Crippen LogP contribution in [0.25, 0.3) is 11.0 Å². The molecule has 2 fully saturated rings. The normalized spacial score (nSPS) is 24.8. The molecule has 1 saturated carbocycles. The van der Waals surface area contributed by atoms with Crippen LogP contribution >= 0.6 is 0 Å². The molecule has 1 aromatic carbocycles. The summed E-state index contributed by atoms with van der Waals surface area (Å²) in [6.45, 7) is 5.34. The van der Waals surface area contributed by atoms with Gasteiger partial charge in [0, 0.05) is 44.0 Å². The van der Waals surface area contributed by atoms with Crippen molar-refractivity contribution in [1.82, 2.24) is 14.8 Å². The Labute approximate surface area is 173 Å². The standard InChI is InChI=1S/C20H29FN4O3S/c21-17-5-6-19-18(13-17)20(23-28-19)25-11-9-24(10-12-25)8-7-15-1-3-16(4-2-15)14-22-29(26)27/h5-6,13,15-16,22H,1-4,7-12,14H2,(H,26,27)/p-1. The highest BCUT2D eigenvalue weighted by molar-refractivity contribution is 7.77. The van der Waals surface area contributed by atoms with Crippen molar-refractivity contribution in [3.05, 3.63) is 24.0 Å². The predicted octanol–water partition coefficient (Wildman–Crippen LogP) is 2.67. The van der Waals surface area contributed by atoms with E-state index in [1.807, 2.05) is 0 Å². The molecule has 1 unspecified atom stereocenters. The molecule has 29 heavy (non-hydrogen) atoms. The van der Waals surface area contributed by atoms with Crippen LogP contribution in [0.5, 0.6) is 0 Å². The molecular formula is C20H28FN4O3S-. The van der Waals surface area contributed by atoms with Gasteiger partial charge >= 0.3 is 0 Å². The fourth-order valence-electron chi connectivity index (χ4n) is 4.58. The van der Waals surface area contributed by atoms with E-state index in [0.717, 1.165) is 62.7 Å². The third kappa shape index (κ3) is 5.33. The predicted molar refractivity (Wildman–Crippen MR) is 110 cm³/mol. The molecule has 1 atom stereocenters. The topological polar surface area (TPSA) is 84.7 Å². The fraction of sp³-hybridized carbons (Fsp3) is 0.650. The van der Waals surface area contributed by atoms with Gasteiger partial charge in [-0.1, -0.05) is 18.0 Å². The maximum Gasteiger partial charge on any atom is 0.180 e. The number of benzene rings is 1. The Balaban J connectivity index is 1.20. The van der Waals surface area contributed by atoms with Crippen LogP contribution in [-0.4, -0.2) is 58.1 Å². The zero-order valence-electron chi connectivity index (χ0n) is 16.5. The lowest BCUT2D eigenvalue weighted by atomic mass is 9.80. The summed E-state index contributed by atoms with van der Waals surface area (Å²) >= 11 is -2.15. The number of hydrogen-bond acceptors (Lipinski definition) is 6. The number of halogens is 1. The van der Waals surface area contributed by atoms with Crippen molar-refractivity contribution in [3.8, 4) is 0 Å². The Morgan fingerprint density at radius 2 is 1.90 bits per heavy atom. The highest BCUT2D eigenvalue weighted by atomic mass is 32.2. The summed E-state index contributed by atoms with van der Waals surface area (Å²) in [5.41, 5.74) is 0.621. The number of hydrogen-bond donors (Lipinski definition) is 1. The van der Waals surface area contributed by atoms with Crippen molar-refractivity contribution in [2.24, 2.45) is 11.8 Å². The minimum atomic E-state index is -2.15. The Morgan fingerprint density at radius 1 is 1.17 bits per heavy atom. The first-order valence-corrected chi connectivity index (χ1v) is 11.5. The molecule has 0 spiro atoms. The van der Waals surface area contributed by atoms with Gasteiger partial charge in [-0.15, -0.1) is 0 Å². The second kappa shape index (κ2) is 9.51. The van der Waals surface area contributed by atoms with E-state index < -0.39 is 11.3 Å². The summed E-state index contributed by atoms with van der Waals surface area (Å²) in [5, 5.41) is 4.90. The van der Waals surface area contributed by atoms with Crippen LogP contribution in [0.15, 0.2) is 22.7 Å². The second-order valence-corrected chi connectivity index (χ2v) is 8.99. The summed E-state index contributed by atoms with van der Waals surface area (Å²) in [7, 11) is 0. The molecular weight excluding hydrogens is 395 g/mol. The number of fused-ring (bicyclic) bond motifs is 1. The van der Waals surface area contributed by atoms with Gasteiger partial charge in [0.15, 0.2) is 11.4 Å². The summed E-state index contributed by atoms with van der Waals surface area (Å²) < 4.78 is 42.7. The summed E-state index contributed by atoms with van der Waals surface area (Å²) in [4.78, 5) is 4.67. The molecule has 0 radical (unpaired) electrons. The van der Waals surface area contributed by atoms with Crippen molar-refractivity contribution in [3.63, 3.8) is 0 Å². The first kappa shape index (κ1) is 20.7. The minimum absolute atomic E-state index is 0.271. The largest absolute Gasteiger partial charge is 0.760 e. The molecule has 2 aromatic rings. The SMILES string of the molecule is O=S([O-])NCC1CCC(CCN2CCN(c3noc4ccc(F)cc34)CC2)CC1. The molecule has 1 saturated heterocycles. The van der Waals surface area contributed by atoms with Gasteiger partial charge in [-0.3, -0.25) is 9.11 Å². The summed E-state index contributed by atoms with van der Waals surface area (Å²) in [6.07, 6.45) is 5.80. The minimum Gasteiger partial charge on any atom is -0.760 e. The monoisotopic (exact) mass is 423 g/mol. The highest BCUT2D eigenvalue weighted by Gasteiger charge is 2.24. The van der Waals surface area contributed by atoms with Crippen LogP contribution in [0, 0.1) is 17.7 Å². The molecule has 2 heterocycles. The molecule has 9 heteroatoms. The van der Waals surface area contributed by atoms with E-state index >= 15 is 0 Å². The molecule has 1 N–H and O–H groups in total. The summed E-state index contributed by atoms with van der Waals surface area (Å²) in [5.74, 6) is 1.69. The molecule has 7 nitrogen and oxygen atoms in total. The average Bonchev–Trinajstić information content (AvgIpc) is 3.15. The van der Waals surface area contributed by atoms with Gasteiger partial charge < -0.3 is 14.0 Å². The number of rotatable bonds is 7. The van der Waals surface area contributed by atoms with Gasteiger partial charge in [-0.2, -0.15) is 0 Å². The fourth-order valence-corrected chi connectivity index (χ4v) is 4.96. The maximum atomic E-state index is 13.6. The number of aromatic nitrogens is 1. The zero-order valence-corrected chi connectivity index (χ0v) is 17.3. The second-order valence-electron chi connectivity index (χ2n) is 8.23. The quantitative estimate of drug-likeness (QED) is 0.690. The van der Waals surface area contributed by atoms with Gasteiger partial charge in [-0.25, -0.2) is 9.11 Å². The van der Waals surface area contributed by atoms with E-state index in [9.17, 15) is 13.2 Å². The first-order valence-electron chi connectivity index (χ1n) is 10.4. The maximum absolute atomic E-state index is 13.6. The molecule has 2 aliphatic rings. The smallest absolute Gasteiger partial charge is 0.180 e. The van der Waals surface area contributed by atoms with Gasteiger partial charge in [-0.05, 0) is 55.8 Å². The Bertz CT molecular complexity index is 832. The Kier molecular flexibility index (Phi) is 6.79. The Morgan fingerprint density at radius 3 is 2.62 bits per heavy atom. The van der Waals surface area contributed by atoms with Crippen LogP contribution in [0.2, 0.25) is 0 Å². The third-order valence-electron chi connectivity index (χ3n) is 6.39. The highest BCUT2D eigenvalue weighted by Crippen LogP contribution is 2.31. The number of piperazine rings is 1. The zero-order chi connectivity index (χ0) is 20.2. The van der Waals surface area contributed by atoms with Gasteiger partial charge in [0.2, 0.25) is 0 Å². The van der Waals surface area contributed by atoms with Gasteiger partial charge in [0.1, 0.15) is 5.82 Å². The molecule has 4 rings (SSSR count). The van der Waals surface area contributed by atoms with E-state index in [1.54, 1.807) is 6.07 Å². The lowest BCUT2D eigenvalue weighted by Crippen LogP contribution is -2.47. The molecule has 0 bridgehead atoms. The van der Waals surface area contributed by atoms with Gasteiger partial charge in [0.25, 0.3) is 0 Å². The van der Waals surface area contributed by atoms with Crippen molar-refractivity contribution in [2.45, 2.75) is 32.1 Å². The lowest BCUT2D eigenvalue weighted by Gasteiger charge is -2.36. The molecule has 160 valence electrons. The van der Waals surface area contributed by atoms with E-state index in [2.05, 4.69) is 19.7 Å². The van der Waals surface area contributed by atoms with Crippen LogP contribution < -0.4 is 9.62 Å². The molecule has 1 aromatic heterocycles. The van der Waals surface area contributed by atoms with E-state index in [0.29, 0.717) is 18.0 Å². The van der Waals surface area contributed by atoms with Crippen molar-refractivity contribution < 1.29 is 17.7 Å². The molecule has 1 aliphatic carbocycles. The van der Waals surface area contributed by atoms with Gasteiger partial charge in [0.05, 0.1) is 5.39 Å². The lowest BCUT2D eigenvalue weighted by molar-refractivity contribution is 0.204. The number of anilines is 1. The average molecular weight is 424 g/mol. The number of nitrogens with one attached hydrogen (secondary N) is 1. The van der Waals surface area contributed by atoms with Crippen molar-refractivity contribution in [1.29, 1.82) is 0 Å². The van der Waals surface area contributed by atoms with Crippen molar-refractivity contribution >= 4 is 28.1 Å². The number of nitrogens with zero attached hydrogens (tertiary/aromatic N) is 3. The van der Waals surface area contributed by atoms with Crippen LogP contribution in [0.3, 0.4) is 0 Å². The van der Waals surface area contributed by atoms with E-state index in [1.165, 1.54) is 31.4 Å². The van der Waals surface area contributed by atoms with Crippen LogP contribution in [0.1, 0.15) is 32.1 Å². The Hall–Kier alpha value is -1.55. The van der Waals surface area contributed by atoms with E-state index in [4.69, 9.17) is 4.52 Å². The van der Waals surface area contributed by atoms with Crippen LogP contribution in [-0.2, 0) is 11.3 Å². The molecule has 0 amide bonds. The van der Waals surface area contributed by atoms with Crippen LogP contribution in [0.4, 0.5) is 10.2 Å². The first-order chi connectivity index (χ1) is 14.1.